The third-order valence-corrected chi connectivity index (χ3v) is 4.76. The molecule has 1 N–H and O–H groups in total. The summed E-state index contributed by atoms with van der Waals surface area (Å²) < 4.78 is 0. The minimum Gasteiger partial charge on any atom is -0.385 e. The minimum absolute atomic E-state index is 0. The zero-order valence-electron chi connectivity index (χ0n) is 14.0. The van der Waals surface area contributed by atoms with Gasteiger partial charge in [0.05, 0.1) is 5.60 Å². The van der Waals surface area contributed by atoms with E-state index in [9.17, 15) is 5.11 Å². The zero-order chi connectivity index (χ0) is 15.1. The lowest BCUT2D eigenvalue weighted by Crippen LogP contribution is -2.45. The first-order valence-corrected chi connectivity index (χ1v) is 8.56. The van der Waals surface area contributed by atoms with E-state index in [2.05, 4.69) is 23.7 Å². The molecule has 126 valence electrons. The van der Waals surface area contributed by atoms with Crippen LogP contribution in [0.25, 0.3) is 0 Å². The molecule has 1 aromatic rings. The first kappa shape index (κ1) is 19.4. The van der Waals surface area contributed by atoms with Crippen molar-refractivity contribution in [2.45, 2.75) is 58.0 Å². The summed E-state index contributed by atoms with van der Waals surface area (Å²) in [5, 5.41) is 11.3. The minimum atomic E-state index is -0.688. The SMILES string of the molecule is CCCN(CCC)CC1CCCCC1(O)c1cccnc1.Cl. The van der Waals surface area contributed by atoms with Crippen LogP contribution in [0.3, 0.4) is 0 Å². The van der Waals surface area contributed by atoms with Gasteiger partial charge < -0.3 is 10.0 Å². The molecule has 0 aliphatic heterocycles. The second kappa shape index (κ2) is 9.49. The van der Waals surface area contributed by atoms with Crippen LogP contribution in [0.1, 0.15) is 57.9 Å². The van der Waals surface area contributed by atoms with Crippen LogP contribution in [-0.2, 0) is 5.60 Å². The molecule has 2 rings (SSSR count). The van der Waals surface area contributed by atoms with E-state index in [0.717, 1.165) is 44.5 Å². The Bertz CT molecular complexity index is 409. The number of hydrogen-bond donors (Lipinski definition) is 1. The molecule has 2 unspecified atom stereocenters. The first-order chi connectivity index (χ1) is 10.2. The van der Waals surface area contributed by atoms with Gasteiger partial charge in [-0.05, 0) is 44.8 Å². The smallest absolute Gasteiger partial charge is 0.0951 e. The number of halogens is 1. The van der Waals surface area contributed by atoms with Crippen LogP contribution >= 0.6 is 12.4 Å². The maximum Gasteiger partial charge on any atom is 0.0951 e. The fraction of sp³-hybridized carbons (Fsp3) is 0.722. The second-order valence-electron chi connectivity index (χ2n) is 6.41. The molecular weight excluding hydrogens is 296 g/mol. The maximum atomic E-state index is 11.3. The normalized spacial score (nSPS) is 25.0. The molecule has 1 aromatic heterocycles. The van der Waals surface area contributed by atoms with Crippen LogP contribution in [0.5, 0.6) is 0 Å². The van der Waals surface area contributed by atoms with Crippen molar-refractivity contribution in [1.29, 1.82) is 0 Å². The molecule has 1 aliphatic carbocycles. The molecule has 4 heteroatoms. The average molecular weight is 327 g/mol. The summed E-state index contributed by atoms with van der Waals surface area (Å²) >= 11 is 0. The van der Waals surface area contributed by atoms with Gasteiger partial charge in [-0.25, -0.2) is 0 Å². The zero-order valence-corrected chi connectivity index (χ0v) is 14.8. The Kier molecular flexibility index (Phi) is 8.37. The van der Waals surface area contributed by atoms with Gasteiger partial charge in [-0.2, -0.15) is 0 Å². The van der Waals surface area contributed by atoms with Crippen molar-refractivity contribution >= 4 is 12.4 Å². The van der Waals surface area contributed by atoms with Gasteiger partial charge in [-0.15, -0.1) is 12.4 Å². The van der Waals surface area contributed by atoms with Crippen molar-refractivity contribution in [3.63, 3.8) is 0 Å². The molecule has 1 saturated carbocycles. The van der Waals surface area contributed by atoms with E-state index in [0.29, 0.717) is 5.92 Å². The highest BCUT2D eigenvalue weighted by atomic mass is 35.5. The molecule has 0 aromatic carbocycles. The average Bonchev–Trinajstić information content (AvgIpc) is 2.51. The summed E-state index contributed by atoms with van der Waals surface area (Å²) in [5.74, 6) is 0.327. The molecule has 0 saturated heterocycles. The van der Waals surface area contributed by atoms with E-state index in [1.165, 1.54) is 19.3 Å². The Morgan fingerprint density at radius 2 is 2.00 bits per heavy atom. The summed E-state index contributed by atoms with van der Waals surface area (Å²) in [7, 11) is 0. The van der Waals surface area contributed by atoms with Gasteiger partial charge >= 0.3 is 0 Å². The van der Waals surface area contributed by atoms with Gasteiger partial charge in [0, 0.05) is 30.4 Å². The third-order valence-electron chi connectivity index (χ3n) is 4.76. The Balaban J connectivity index is 0.00000242. The Morgan fingerprint density at radius 3 is 2.59 bits per heavy atom. The topological polar surface area (TPSA) is 36.4 Å². The molecule has 22 heavy (non-hydrogen) atoms. The molecule has 0 amide bonds. The molecule has 2 atom stereocenters. The largest absolute Gasteiger partial charge is 0.385 e. The number of aromatic nitrogens is 1. The van der Waals surface area contributed by atoms with Crippen LogP contribution in [-0.4, -0.2) is 34.6 Å². The van der Waals surface area contributed by atoms with Gasteiger partial charge in [-0.3, -0.25) is 4.98 Å². The molecular formula is C18H31ClN2O. The highest BCUT2D eigenvalue weighted by Gasteiger charge is 2.41. The monoisotopic (exact) mass is 326 g/mol. The number of hydrogen-bond acceptors (Lipinski definition) is 3. The Labute approximate surface area is 141 Å². The Hall–Kier alpha value is -0.640. The van der Waals surface area contributed by atoms with E-state index in [1.807, 2.05) is 18.3 Å². The van der Waals surface area contributed by atoms with Crippen LogP contribution < -0.4 is 0 Å². The van der Waals surface area contributed by atoms with Crippen molar-refractivity contribution in [3.8, 4) is 0 Å². The molecule has 0 radical (unpaired) electrons. The number of aliphatic hydroxyl groups is 1. The molecule has 0 bridgehead atoms. The molecule has 0 spiro atoms. The van der Waals surface area contributed by atoms with E-state index < -0.39 is 5.60 Å². The van der Waals surface area contributed by atoms with E-state index in [4.69, 9.17) is 0 Å². The van der Waals surface area contributed by atoms with E-state index >= 15 is 0 Å². The van der Waals surface area contributed by atoms with Crippen molar-refractivity contribution in [3.05, 3.63) is 30.1 Å². The standard InChI is InChI=1S/C18H30N2O.ClH/c1-3-12-20(13-4-2)15-17-8-5-6-10-18(17,21)16-9-7-11-19-14-16;/h7,9,11,14,17,21H,3-6,8,10,12-13,15H2,1-2H3;1H. The van der Waals surface area contributed by atoms with Crippen molar-refractivity contribution in [2.24, 2.45) is 5.92 Å². The van der Waals surface area contributed by atoms with Gasteiger partial charge in [0.25, 0.3) is 0 Å². The quantitative estimate of drug-likeness (QED) is 0.822. The van der Waals surface area contributed by atoms with Crippen molar-refractivity contribution in [2.75, 3.05) is 19.6 Å². The maximum absolute atomic E-state index is 11.3. The van der Waals surface area contributed by atoms with Crippen molar-refractivity contribution < 1.29 is 5.11 Å². The van der Waals surface area contributed by atoms with Crippen LogP contribution in [0.15, 0.2) is 24.5 Å². The summed E-state index contributed by atoms with van der Waals surface area (Å²) in [5.41, 5.74) is 0.314. The fourth-order valence-electron chi connectivity index (χ4n) is 3.71. The highest BCUT2D eigenvalue weighted by Crippen LogP contribution is 2.41. The molecule has 1 aliphatic rings. The number of nitrogens with zero attached hydrogens (tertiary/aromatic N) is 2. The lowest BCUT2D eigenvalue weighted by atomic mass is 9.71. The lowest BCUT2D eigenvalue weighted by Gasteiger charge is -2.42. The number of pyridine rings is 1. The third kappa shape index (κ3) is 4.68. The molecule has 3 nitrogen and oxygen atoms in total. The van der Waals surface area contributed by atoms with Crippen LogP contribution in [0.2, 0.25) is 0 Å². The summed E-state index contributed by atoms with van der Waals surface area (Å²) in [6.07, 6.45) is 10.3. The summed E-state index contributed by atoms with van der Waals surface area (Å²) in [6, 6.07) is 3.98. The predicted octanol–water partition coefficient (Wildman–Crippen LogP) is 4.00. The Morgan fingerprint density at radius 1 is 1.27 bits per heavy atom. The highest BCUT2D eigenvalue weighted by molar-refractivity contribution is 5.85. The van der Waals surface area contributed by atoms with Gasteiger partial charge in [-0.1, -0.05) is 32.8 Å². The molecule has 1 fully saturated rings. The second-order valence-corrected chi connectivity index (χ2v) is 6.41. The van der Waals surface area contributed by atoms with Gasteiger partial charge in [0.1, 0.15) is 0 Å². The fourth-order valence-corrected chi connectivity index (χ4v) is 3.71. The van der Waals surface area contributed by atoms with Gasteiger partial charge in [0.15, 0.2) is 0 Å². The first-order valence-electron chi connectivity index (χ1n) is 8.56. The van der Waals surface area contributed by atoms with Gasteiger partial charge in [0.2, 0.25) is 0 Å². The van der Waals surface area contributed by atoms with E-state index in [1.54, 1.807) is 6.20 Å². The van der Waals surface area contributed by atoms with Crippen LogP contribution in [0, 0.1) is 5.92 Å². The number of rotatable bonds is 7. The predicted molar refractivity (Wildman–Crippen MR) is 94.4 cm³/mol. The lowest BCUT2D eigenvalue weighted by molar-refractivity contribution is -0.0659. The summed E-state index contributed by atoms with van der Waals surface area (Å²) in [4.78, 5) is 6.74. The van der Waals surface area contributed by atoms with E-state index in [-0.39, 0.29) is 12.4 Å². The molecule has 1 heterocycles. The van der Waals surface area contributed by atoms with Crippen LogP contribution in [0.4, 0.5) is 0 Å². The summed E-state index contributed by atoms with van der Waals surface area (Å²) in [6.45, 7) is 7.74. The van der Waals surface area contributed by atoms with Crippen molar-refractivity contribution in [1.82, 2.24) is 9.88 Å².